The van der Waals surface area contributed by atoms with Crippen molar-refractivity contribution in [2.24, 2.45) is 0 Å². The van der Waals surface area contributed by atoms with E-state index in [-0.39, 0.29) is 5.91 Å². The van der Waals surface area contributed by atoms with E-state index in [1.54, 1.807) is 6.07 Å². The molecule has 2 aromatic carbocycles. The van der Waals surface area contributed by atoms with Gasteiger partial charge in [-0.1, -0.05) is 81.6 Å². The molecule has 2 aromatic rings. The summed E-state index contributed by atoms with van der Waals surface area (Å²) in [4.78, 5) is 11.1. The van der Waals surface area contributed by atoms with Crippen LogP contribution in [0.5, 0.6) is 0 Å². The number of hydrogen-bond acceptors (Lipinski definition) is 2. The Bertz CT molecular complexity index is 693. The topological polar surface area (TPSA) is 41.1 Å². The van der Waals surface area contributed by atoms with Crippen LogP contribution in [0.25, 0.3) is 5.70 Å². The van der Waals surface area contributed by atoms with Crippen molar-refractivity contribution in [3.8, 4) is 0 Å². The van der Waals surface area contributed by atoms with Crippen LogP contribution < -0.4 is 10.6 Å². The fourth-order valence-electron chi connectivity index (χ4n) is 2.53. The summed E-state index contributed by atoms with van der Waals surface area (Å²) in [6, 6.07) is 15.4. The number of carbonyl (C=O) groups is 1. The van der Waals surface area contributed by atoms with Crippen LogP contribution in [0, 0.1) is 0 Å². The molecular weight excluding hydrogens is 356 g/mol. The summed E-state index contributed by atoms with van der Waals surface area (Å²) in [5.74, 6) is -0.0504. The summed E-state index contributed by atoms with van der Waals surface area (Å²) in [5, 5.41) is 6.56. The fraction of sp³-hybridized carbons (Fsp3) is 0.348. The quantitative estimate of drug-likeness (QED) is 0.692. The van der Waals surface area contributed by atoms with Crippen LogP contribution in [-0.2, 0) is 6.42 Å². The molecular formula is C23H31ClN2O. The monoisotopic (exact) mass is 386 g/mol. The highest BCUT2D eigenvalue weighted by Gasteiger charge is 2.20. The first-order valence-corrected chi connectivity index (χ1v) is 9.89. The summed E-state index contributed by atoms with van der Waals surface area (Å²) in [7, 11) is 1.95. The molecule has 1 aliphatic rings. The van der Waals surface area contributed by atoms with E-state index in [9.17, 15) is 4.79 Å². The number of unbranched alkanes of at least 4 members (excludes halogenated alkanes) is 2. The average molecular weight is 387 g/mol. The molecule has 3 nitrogen and oxygen atoms in total. The lowest BCUT2D eigenvalue weighted by atomic mass is 10.1. The maximum absolute atomic E-state index is 11.1. The molecule has 0 atom stereocenters. The highest BCUT2D eigenvalue weighted by molar-refractivity contribution is 6.30. The van der Waals surface area contributed by atoms with Gasteiger partial charge in [0.05, 0.1) is 0 Å². The number of hydrogen-bond donors (Lipinski definition) is 2. The first kappa shape index (κ1) is 22.9. The van der Waals surface area contributed by atoms with Crippen LogP contribution in [0.4, 0.5) is 0 Å². The Kier molecular flexibility index (Phi) is 11.2. The second kappa shape index (κ2) is 13.1. The summed E-state index contributed by atoms with van der Waals surface area (Å²) < 4.78 is 0. The highest BCUT2D eigenvalue weighted by atomic mass is 35.5. The summed E-state index contributed by atoms with van der Waals surface area (Å²) in [6.45, 7) is 9.14. The largest absolute Gasteiger partial charge is 0.322 e. The van der Waals surface area contributed by atoms with Crippen molar-refractivity contribution < 1.29 is 4.79 Å². The Morgan fingerprint density at radius 1 is 1.04 bits per heavy atom. The summed E-state index contributed by atoms with van der Waals surface area (Å²) in [6.07, 6.45) is 5.12. The highest BCUT2D eigenvalue weighted by Crippen LogP contribution is 2.21. The molecule has 0 unspecified atom stereocenters. The normalized spacial score (nSPS) is 11.6. The number of benzene rings is 2. The molecule has 0 aromatic heterocycles. The van der Waals surface area contributed by atoms with Gasteiger partial charge in [0.25, 0.3) is 5.91 Å². The molecule has 0 saturated heterocycles. The van der Waals surface area contributed by atoms with Crippen molar-refractivity contribution in [2.45, 2.75) is 39.5 Å². The van der Waals surface area contributed by atoms with Gasteiger partial charge in [-0.05, 0) is 43.8 Å². The number of rotatable bonds is 5. The molecule has 4 heteroatoms. The summed E-state index contributed by atoms with van der Waals surface area (Å²) >= 11 is 5.80. The van der Waals surface area contributed by atoms with Crippen LogP contribution in [-0.4, -0.2) is 19.5 Å². The van der Waals surface area contributed by atoms with Gasteiger partial charge in [0, 0.05) is 21.8 Å². The van der Waals surface area contributed by atoms with E-state index in [0.717, 1.165) is 29.1 Å². The third-order valence-corrected chi connectivity index (χ3v) is 4.26. The number of amides is 1. The lowest BCUT2D eigenvalue weighted by molar-refractivity contribution is 0.0981. The minimum Gasteiger partial charge on any atom is -0.322 e. The SMILES string of the molecule is C=C1NC(=O)c2ccccc21.CCCCC.CNCCc1cccc(Cl)c1. The van der Waals surface area contributed by atoms with E-state index in [1.807, 2.05) is 43.4 Å². The Morgan fingerprint density at radius 3 is 2.22 bits per heavy atom. The van der Waals surface area contributed by atoms with E-state index in [4.69, 9.17) is 11.6 Å². The van der Waals surface area contributed by atoms with Gasteiger partial charge < -0.3 is 10.6 Å². The molecule has 0 fully saturated rings. The third-order valence-electron chi connectivity index (χ3n) is 4.02. The number of nitrogens with one attached hydrogen (secondary N) is 2. The number of likely N-dealkylation sites (N-methyl/N-ethyl adjacent to an activating group) is 1. The standard InChI is InChI=1S/C9H12ClN.C9H7NO.C5H12/c1-11-6-5-8-3-2-4-9(10)7-8;1-6-7-4-2-3-5-8(7)9(11)10-6;1-3-5-4-2/h2-4,7,11H,5-6H2,1H3;2-5H,1H2,(H,10,11);3-5H2,1-2H3. The van der Waals surface area contributed by atoms with E-state index in [0.29, 0.717) is 5.70 Å². The lowest BCUT2D eigenvalue weighted by Crippen LogP contribution is -2.11. The molecule has 0 spiro atoms. The van der Waals surface area contributed by atoms with E-state index >= 15 is 0 Å². The molecule has 2 N–H and O–H groups in total. The zero-order valence-electron chi connectivity index (χ0n) is 16.6. The minimum absolute atomic E-state index is 0.0504. The van der Waals surface area contributed by atoms with Gasteiger partial charge >= 0.3 is 0 Å². The van der Waals surface area contributed by atoms with Gasteiger partial charge in [-0.25, -0.2) is 0 Å². The van der Waals surface area contributed by atoms with Crippen molar-refractivity contribution in [3.63, 3.8) is 0 Å². The van der Waals surface area contributed by atoms with Crippen LogP contribution in [0.15, 0.2) is 55.1 Å². The maximum atomic E-state index is 11.1. The molecule has 1 amide bonds. The van der Waals surface area contributed by atoms with Crippen LogP contribution in [0.3, 0.4) is 0 Å². The van der Waals surface area contributed by atoms with E-state index in [1.165, 1.54) is 24.8 Å². The zero-order valence-corrected chi connectivity index (χ0v) is 17.4. The van der Waals surface area contributed by atoms with Gasteiger partial charge in [-0.2, -0.15) is 0 Å². The first-order chi connectivity index (χ1) is 13.0. The van der Waals surface area contributed by atoms with Crippen molar-refractivity contribution in [3.05, 3.63) is 76.8 Å². The molecule has 3 rings (SSSR count). The van der Waals surface area contributed by atoms with E-state index in [2.05, 4.69) is 37.1 Å². The van der Waals surface area contributed by atoms with E-state index < -0.39 is 0 Å². The van der Waals surface area contributed by atoms with Gasteiger partial charge in [0.2, 0.25) is 0 Å². The Labute approximate surface area is 168 Å². The predicted octanol–water partition coefficient (Wildman–Crippen LogP) is 5.70. The predicted molar refractivity (Wildman–Crippen MR) is 117 cm³/mol. The molecule has 1 heterocycles. The Balaban J connectivity index is 0.000000219. The molecule has 0 radical (unpaired) electrons. The van der Waals surface area contributed by atoms with Crippen LogP contribution in [0.1, 0.15) is 54.6 Å². The van der Waals surface area contributed by atoms with Crippen molar-refractivity contribution in [2.75, 3.05) is 13.6 Å². The Morgan fingerprint density at radius 2 is 1.70 bits per heavy atom. The third kappa shape index (κ3) is 8.42. The van der Waals surface area contributed by atoms with Crippen molar-refractivity contribution in [1.29, 1.82) is 0 Å². The van der Waals surface area contributed by atoms with Crippen LogP contribution in [0.2, 0.25) is 5.02 Å². The number of halogens is 1. The maximum Gasteiger partial charge on any atom is 0.256 e. The van der Waals surface area contributed by atoms with Gasteiger partial charge in [-0.3, -0.25) is 4.79 Å². The second-order valence-electron chi connectivity index (χ2n) is 6.32. The smallest absolute Gasteiger partial charge is 0.256 e. The average Bonchev–Trinajstić information content (AvgIpc) is 2.96. The molecule has 27 heavy (non-hydrogen) atoms. The molecule has 1 aliphatic heterocycles. The fourth-order valence-corrected chi connectivity index (χ4v) is 2.74. The lowest BCUT2D eigenvalue weighted by Gasteiger charge is -1.99. The Hall–Kier alpha value is -2.10. The van der Waals surface area contributed by atoms with Gasteiger partial charge in [-0.15, -0.1) is 0 Å². The summed E-state index contributed by atoms with van der Waals surface area (Å²) in [5.41, 5.74) is 3.62. The zero-order chi connectivity index (χ0) is 20.1. The number of carbonyl (C=O) groups excluding carboxylic acids is 1. The van der Waals surface area contributed by atoms with Gasteiger partial charge in [0.1, 0.15) is 0 Å². The minimum atomic E-state index is -0.0504. The van der Waals surface area contributed by atoms with Crippen molar-refractivity contribution in [1.82, 2.24) is 10.6 Å². The van der Waals surface area contributed by atoms with Crippen molar-refractivity contribution >= 4 is 23.2 Å². The molecule has 0 aliphatic carbocycles. The second-order valence-corrected chi connectivity index (χ2v) is 6.75. The number of fused-ring (bicyclic) bond motifs is 1. The molecule has 0 bridgehead atoms. The molecule has 146 valence electrons. The molecule has 0 saturated carbocycles. The van der Waals surface area contributed by atoms with Crippen LogP contribution >= 0.6 is 11.6 Å². The first-order valence-electron chi connectivity index (χ1n) is 9.52. The van der Waals surface area contributed by atoms with Gasteiger partial charge in [0.15, 0.2) is 0 Å².